The van der Waals surface area contributed by atoms with Gasteiger partial charge in [0.25, 0.3) is 5.78 Å². The number of aromatic nitrogens is 1. The molecule has 1 amide bonds. The van der Waals surface area contributed by atoms with Gasteiger partial charge in [0.2, 0.25) is 0 Å². The molecule has 1 saturated heterocycles. The minimum absolute atomic E-state index is 0.0530. The number of fused-ring (bicyclic) bond motifs is 1. The van der Waals surface area contributed by atoms with Gasteiger partial charge in [-0.25, -0.2) is 4.98 Å². The second kappa shape index (κ2) is 9.87. The lowest BCUT2D eigenvalue weighted by atomic mass is 10.00. The molecule has 0 bridgehead atoms. The van der Waals surface area contributed by atoms with Crippen molar-refractivity contribution in [2.24, 2.45) is 0 Å². The van der Waals surface area contributed by atoms with Gasteiger partial charge < -0.3 is 9.84 Å². The number of hydrogen-bond acceptors (Lipinski definition) is 7. The Morgan fingerprint density at radius 3 is 2.69 bits per heavy atom. The number of ether oxygens (including phenoxy) is 1. The maximum absolute atomic E-state index is 13.4. The lowest BCUT2D eigenvalue weighted by Crippen LogP contribution is -2.28. The number of carbonyl (C=O) groups excluding carboxylic acids is 2. The molecule has 1 fully saturated rings. The second-order valence-corrected chi connectivity index (χ2v) is 10.9. The van der Waals surface area contributed by atoms with E-state index < -0.39 is 17.7 Å². The Labute approximate surface area is 217 Å². The number of amides is 1. The van der Waals surface area contributed by atoms with E-state index >= 15 is 0 Å². The fourth-order valence-electron chi connectivity index (χ4n) is 4.25. The van der Waals surface area contributed by atoms with Gasteiger partial charge in [-0.1, -0.05) is 56.4 Å². The van der Waals surface area contributed by atoms with Crippen LogP contribution in [0.5, 0.6) is 5.75 Å². The standard InChI is InChI=1S/C28H26N2O4S2/c1-4-12-34-19-8-5-7-18(14-19)25(31)23-24(21-9-6-13-35-21)30(27(33)26(23)32)28-29-20-11-10-17(16(2)3)15-22(20)36-28/h5-11,13-16,24,31H,4,12H2,1-3H3/b25-23+. The maximum Gasteiger partial charge on any atom is 0.301 e. The van der Waals surface area contributed by atoms with Gasteiger partial charge in [-0.3, -0.25) is 14.5 Å². The Kier molecular flexibility index (Phi) is 6.64. The number of rotatable bonds is 7. The van der Waals surface area contributed by atoms with Crippen LogP contribution in [0.15, 0.2) is 65.6 Å². The van der Waals surface area contributed by atoms with Crippen LogP contribution in [0.4, 0.5) is 5.13 Å². The second-order valence-electron chi connectivity index (χ2n) is 8.94. The van der Waals surface area contributed by atoms with Gasteiger partial charge in [-0.15, -0.1) is 11.3 Å². The number of hydrogen-bond donors (Lipinski definition) is 1. The van der Waals surface area contributed by atoms with E-state index in [0.29, 0.717) is 29.0 Å². The molecule has 0 spiro atoms. The molecule has 5 rings (SSSR count). The molecular weight excluding hydrogens is 492 g/mol. The minimum atomic E-state index is -0.768. The number of thiazole rings is 1. The molecule has 3 heterocycles. The van der Waals surface area contributed by atoms with Crippen LogP contribution in [0.3, 0.4) is 0 Å². The summed E-state index contributed by atoms with van der Waals surface area (Å²) >= 11 is 2.80. The third kappa shape index (κ3) is 4.31. The summed E-state index contributed by atoms with van der Waals surface area (Å²) < 4.78 is 6.65. The number of aliphatic hydroxyl groups excluding tert-OH is 1. The van der Waals surface area contributed by atoms with Gasteiger partial charge in [0.1, 0.15) is 17.6 Å². The van der Waals surface area contributed by atoms with Crippen molar-refractivity contribution in [1.82, 2.24) is 4.98 Å². The van der Waals surface area contributed by atoms with E-state index in [9.17, 15) is 14.7 Å². The molecule has 184 valence electrons. The molecule has 0 radical (unpaired) electrons. The highest BCUT2D eigenvalue weighted by Crippen LogP contribution is 2.45. The number of carbonyl (C=O) groups is 2. The average Bonchev–Trinajstić information content (AvgIpc) is 3.60. The molecular formula is C28H26N2O4S2. The SMILES string of the molecule is CCCOc1cccc(/C(O)=C2\C(=O)C(=O)N(c3nc4ccc(C(C)C)cc4s3)C2c2cccs2)c1. The van der Waals surface area contributed by atoms with Crippen LogP contribution in [0, 0.1) is 0 Å². The van der Waals surface area contributed by atoms with Crippen molar-refractivity contribution in [3.05, 3.63) is 81.6 Å². The lowest BCUT2D eigenvalue weighted by Gasteiger charge is -2.21. The first-order chi connectivity index (χ1) is 17.4. The van der Waals surface area contributed by atoms with E-state index in [1.807, 2.05) is 36.6 Å². The van der Waals surface area contributed by atoms with Crippen molar-refractivity contribution in [3.8, 4) is 5.75 Å². The van der Waals surface area contributed by atoms with E-state index in [-0.39, 0.29) is 11.3 Å². The van der Waals surface area contributed by atoms with Crippen molar-refractivity contribution in [3.63, 3.8) is 0 Å². The number of anilines is 1. The van der Waals surface area contributed by atoms with Crippen LogP contribution in [-0.4, -0.2) is 28.4 Å². The number of thiophene rings is 1. The summed E-state index contributed by atoms with van der Waals surface area (Å²) in [4.78, 5) is 33.7. The van der Waals surface area contributed by atoms with Crippen molar-refractivity contribution in [2.45, 2.75) is 39.2 Å². The highest BCUT2D eigenvalue weighted by atomic mass is 32.1. The zero-order valence-electron chi connectivity index (χ0n) is 20.2. The summed E-state index contributed by atoms with van der Waals surface area (Å²) in [5.41, 5.74) is 2.43. The molecule has 2 aromatic carbocycles. The summed E-state index contributed by atoms with van der Waals surface area (Å²) in [6, 6.07) is 16.0. The van der Waals surface area contributed by atoms with Crippen molar-refractivity contribution in [2.75, 3.05) is 11.5 Å². The summed E-state index contributed by atoms with van der Waals surface area (Å²) in [6.45, 7) is 6.80. The molecule has 0 aliphatic carbocycles. The molecule has 1 unspecified atom stereocenters. The van der Waals surface area contributed by atoms with E-state index in [2.05, 4.69) is 19.9 Å². The Morgan fingerprint density at radius 1 is 1.14 bits per heavy atom. The molecule has 6 nitrogen and oxygen atoms in total. The van der Waals surface area contributed by atoms with E-state index in [1.54, 1.807) is 24.3 Å². The Hall–Kier alpha value is -3.49. The van der Waals surface area contributed by atoms with Crippen molar-refractivity contribution < 1.29 is 19.4 Å². The smallest absolute Gasteiger partial charge is 0.301 e. The summed E-state index contributed by atoms with van der Waals surface area (Å²) in [6.07, 6.45) is 0.848. The monoisotopic (exact) mass is 518 g/mol. The van der Waals surface area contributed by atoms with E-state index in [0.717, 1.165) is 21.5 Å². The Balaban J connectivity index is 1.63. The van der Waals surface area contributed by atoms with Crippen molar-refractivity contribution in [1.29, 1.82) is 0 Å². The first-order valence-electron chi connectivity index (χ1n) is 11.9. The lowest BCUT2D eigenvalue weighted by molar-refractivity contribution is -0.132. The Morgan fingerprint density at radius 2 is 1.97 bits per heavy atom. The normalized spacial score (nSPS) is 17.4. The van der Waals surface area contributed by atoms with Crippen LogP contribution in [0.1, 0.15) is 55.2 Å². The summed E-state index contributed by atoms with van der Waals surface area (Å²) in [5, 5.41) is 13.7. The topological polar surface area (TPSA) is 79.7 Å². The fourth-order valence-corrected chi connectivity index (χ4v) is 6.11. The molecule has 0 saturated carbocycles. The molecule has 4 aromatic rings. The number of Topliss-reactive ketones (excluding diaryl/α,β-unsaturated/α-hetero) is 1. The number of aliphatic hydroxyl groups is 1. The van der Waals surface area contributed by atoms with Crippen LogP contribution in [-0.2, 0) is 9.59 Å². The van der Waals surface area contributed by atoms with Crippen LogP contribution in [0.2, 0.25) is 0 Å². The molecule has 8 heteroatoms. The zero-order chi connectivity index (χ0) is 25.4. The molecule has 1 atom stereocenters. The molecule has 1 aliphatic heterocycles. The highest BCUT2D eigenvalue weighted by molar-refractivity contribution is 7.22. The first-order valence-corrected chi connectivity index (χ1v) is 13.6. The van der Waals surface area contributed by atoms with Crippen LogP contribution in [0.25, 0.3) is 16.0 Å². The first kappa shape index (κ1) is 24.2. The third-order valence-electron chi connectivity index (χ3n) is 6.11. The number of ketones is 1. The third-order valence-corrected chi connectivity index (χ3v) is 8.05. The van der Waals surface area contributed by atoms with Gasteiger partial charge in [-0.05, 0) is 53.6 Å². The molecule has 36 heavy (non-hydrogen) atoms. The van der Waals surface area contributed by atoms with Gasteiger partial charge >= 0.3 is 5.91 Å². The van der Waals surface area contributed by atoms with Gasteiger partial charge in [-0.2, -0.15) is 0 Å². The van der Waals surface area contributed by atoms with Gasteiger partial charge in [0.05, 0.1) is 22.4 Å². The van der Waals surface area contributed by atoms with Gasteiger partial charge in [0.15, 0.2) is 5.13 Å². The van der Waals surface area contributed by atoms with Crippen LogP contribution >= 0.6 is 22.7 Å². The van der Waals surface area contributed by atoms with Crippen molar-refractivity contribution >= 4 is 55.5 Å². The molecule has 2 aromatic heterocycles. The molecule has 1 N–H and O–H groups in total. The largest absolute Gasteiger partial charge is 0.507 e. The summed E-state index contributed by atoms with van der Waals surface area (Å²) in [5.74, 6) is -0.698. The quantitative estimate of drug-likeness (QED) is 0.164. The van der Waals surface area contributed by atoms with Crippen LogP contribution < -0.4 is 9.64 Å². The fraction of sp³-hybridized carbons (Fsp3) is 0.250. The predicted octanol–water partition coefficient (Wildman–Crippen LogP) is 6.90. The summed E-state index contributed by atoms with van der Waals surface area (Å²) in [7, 11) is 0. The number of nitrogens with zero attached hydrogens (tertiary/aromatic N) is 2. The van der Waals surface area contributed by atoms with E-state index in [4.69, 9.17) is 9.72 Å². The predicted molar refractivity (Wildman–Crippen MR) is 145 cm³/mol. The Bertz CT molecular complexity index is 1470. The van der Waals surface area contributed by atoms with E-state index in [1.165, 1.54) is 33.1 Å². The minimum Gasteiger partial charge on any atom is -0.507 e. The molecule has 1 aliphatic rings. The van der Waals surface area contributed by atoms with Gasteiger partial charge in [0, 0.05) is 10.4 Å². The highest BCUT2D eigenvalue weighted by Gasteiger charge is 2.48. The average molecular weight is 519 g/mol. The zero-order valence-corrected chi connectivity index (χ0v) is 21.9. The maximum atomic E-state index is 13.4. The number of benzene rings is 2.